The van der Waals surface area contributed by atoms with Crippen LogP contribution in [0.15, 0.2) is 65.7 Å². The highest BCUT2D eigenvalue weighted by Crippen LogP contribution is 2.24. The molecule has 0 fully saturated rings. The van der Waals surface area contributed by atoms with Gasteiger partial charge >= 0.3 is 6.18 Å². The molecule has 1 aromatic carbocycles. The number of rotatable bonds is 6. The van der Waals surface area contributed by atoms with Crippen LogP contribution in [0.1, 0.15) is 33.2 Å². The first-order chi connectivity index (χ1) is 14.7. The molecule has 10 heteroatoms. The van der Waals surface area contributed by atoms with Crippen LogP contribution in [0.4, 0.5) is 22.0 Å². The lowest BCUT2D eigenvalue weighted by Crippen LogP contribution is -2.33. The zero-order chi connectivity index (χ0) is 22.6. The van der Waals surface area contributed by atoms with Gasteiger partial charge in [-0.2, -0.15) is 13.2 Å². The van der Waals surface area contributed by atoms with Crippen LogP contribution in [-0.4, -0.2) is 21.6 Å². The van der Waals surface area contributed by atoms with Crippen molar-refractivity contribution in [1.82, 2.24) is 14.9 Å². The lowest BCUT2D eigenvalue weighted by molar-refractivity contribution is -0.141. The molecule has 2 heterocycles. The minimum atomic E-state index is -4.66. The van der Waals surface area contributed by atoms with E-state index in [4.69, 9.17) is 0 Å². The predicted octanol–water partition coefficient (Wildman–Crippen LogP) is 3.93. The zero-order valence-electron chi connectivity index (χ0n) is 15.9. The number of halogens is 5. The maximum atomic E-state index is 14.4. The molecule has 162 valence electrons. The van der Waals surface area contributed by atoms with Crippen LogP contribution in [0, 0.1) is 5.82 Å². The third-order valence-electron chi connectivity index (χ3n) is 4.40. The molecule has 0 aliphatic carbocycles. The van der Waals surface area contributed by atoms with Crippen LogP contribution in [0.3, 0.4) is 0 Å². The van der Waals surface area contributed by atoms with Crippen LogP contribution in [-0.2, 0) is 13.2 Å². The van der Waals surface area contributed by atoms with E-state index in [1.807, 2.05) is 0 Å². The van der Waals surface area contributed by atoms with Gasteiger partial charge in [0.2, 0.25) is 0 Å². The number of aromatic nitrogens is 2. The summed E-state index contributed by atoms with van der Waals surface area (Å²) in [7, 11) is 0. The highest BCUT2D eigenvalue weighted by molar-refractivity contribution is 5.94. The number of nitrogens with zero attached hydrogens (tertiary/aromatic N) is 2. The molecule has 3 rings (SSSR count). The fourth-order valence-electron chi connectivity index (χ4n) is 2.92. The molecule has 0 saturated heterocycles. The largest absolute Gasteiger partial charge is 0.406 e. The number of benzene rings is 1. The average Bonchev–Trinajstić information content (AvgIpc) is 2.73. The molecule has 1 N–H and O–H groups in total. The molecular weight excluding hydrogens is 421 g/mol. The zero-order valence-corrected chi connectivity index (χ0v) is 15.9. The van der Waals surface area contributed by atoms with Crippen molar-refractivity contribution in [2.75, 3.05) is 0 Å². The molecule has 0 unspecified atom stereocenters. The van der Waals surface area contributed by atoms with E-state index in [9.17, 15) is 31.5 Å². The van der Waals surface area contributed by atoms with Crippen LogP contribution in [0.25, 0.3) is 0 Å². The van der Waals surface area contributed by atoms with E-state index >= 15 is 0 Å². The van der Waals surface area contributed by atoms with E-state index in [0.717, 1.165) is 24.4 Å². The molecule has 0 aliphatic rings. The summed E-state index contributed by atoms with van der Waals surface area (Å²) in [6.07, 6.45) is -2.56. The smallest absolute Gasteiger partial charge is 0.339 e. The van der Waals surface area contributed by atoms with Crippen LogP contribution < -0.4 is 10.9 Å². The monoisotopic (exact) mass is 437 g/mol. The Morgan fingerprint density at radius 3 is 2.42 bits per heavy atom. The number of pyridine rings is 2. The lowest BCUT2D eigenvalue weighted by atomic mass is 10.0. The van der Waals surface area contributed by atoms with Gasteiger partial charge in [0, 0.05) is 18.5 Å². The Balaban J connectivity index is 1.96. The van der Waals surface area contributed by atoms with E-state index in [1.54, 1.807) is 0 Å². The molecule has 2 aromatic heterocycles. The number of carbonyl (C=O) groups is 1. The van der Waals surface area contributed by atoms with Gasteiger partial charge in [0.15, 0.2) is 0 Å². The van der Waals surface area contributed by atoms with Crippen LogP contribution >= 0.6 is 0 Å². The number of carbonyl (C=O) groups excluding carboxylic acids is 1. The van der Waals surface area contributed by atoms with Gasteiger partial charge in [0.05, 0.1) is 11.6 Å². The minimum absolute atomic E-state index is 0.132. The molecule has 0 bridgehead atoms. The minimum Gasteiger partial charge on any atom is -0.339 e. The standard InChI is InChI=1S/C21H16F5N3O2/c22-10-13-3-5-14(6-4-13)18(19-16(23)2-1-9-27-19)28-20(31)15-7-8-17(30)29(11-15)12-21(24,25)26/h1-9,11,18H,10,12H2,(H,28,31)/t18-/m0/s1. The normalized spacial score (nSPS) is 12.4. The number of nitrogens with one attached hydrogen (secondary N) is 1. The van der Waals surface area contributed by atoms with Crippen molar-refractivity contribution < 1.29 is 26.7 Å². The molecule has 0 saturated carbocycles. The van der Waals surface area contributed by atoms with E-state index in [-0.39, 0.29) is 11.3 Å². The fraction of sp³-hybridized carbons (Fsp3) is 0.190. The topological polar surface area (TPSA) is 64.0 Å². The Morgan fingerprint density at radius 2 is 1.81 bits per heavy atom. The molecule has 1 amide bonds. The molecule has 0 aliphatic heterocycles. The van der Waals surface area contributed by atoms with Gasteiger partial charge in [-0.05, 0) is 29.3 Å². The summed E-state index contributed by atoms with van der Waals surface area (Å²) in [5.74, 6) is -1.56. The average molecular weight is 437 g/mol. The summed E-state index contributed by atoms with van der Waals surface area (Å²) in [6.45, 7) is -2.27. The molecule has 0 spiro atoms. The third kappa shape index (κ3) is 5.53. The van der Waals surface area contributed by atoms with Crippen molar-refractivity contribution in [3.8, 4) is 0 Å². The van der Waals surface area contributed by atoms with Gasteiger partial charge in [-0.3, -0.25) is 14.6 Å². The summed E-state index contributed by atoms with van der Waals surface area (Å²) >= 11 is 0. The van der Waals surface area contributed by atoms with Crippen LogP contribution in [0.5, 0.6) is 0 Å². The van der Waals surface area contributed by atoms with Crippen molar-refractivity contribution in [3.63, 3.8) is 0 Å². The summed E-state index contributed by atoms with van der Waals surface area (Å²) in [4.78, 5) is 28.4. The fourth-order valence-corrected chi connectivity index (χ4v) is 2.92. The third-order valence-corrected chi connectivity index (χ3v) is 4.40. The molecule has 3 aromatic rings. The van der Waals surface area contributed by atoms with Crippen molar-refractivity contribution in [2.45, 2.75) is 25.4 Å². The van der Waals surface area contributed by atoms with Gasteiger partial charge < -0.3 is 9.88 Å². The first-order valence-electron chi connectivity index (χ1n) is 9.01. The summed E-state index contributed by atoms with van der Waals surface area (Å²) < 4.78 is 65.6. The van der Waals surface area contributed by atoms with E-state index < -0.39 is 42.7 Å². The second-order valence-electron chi connectivity index (χ2n) is 6.65. The number of hydrogen-bond donors (Lipinski definition) is 1. The molecule has 31 heavy (non-hydrogen) atoms. The Hall–Kier alpha value is -3.56. The van der Waals surface area contributed by atoms with Crippen molar-refractivity contribution in [2.24, 2.45) is 0 Å². The van der Waals surface area contributed by atoms with Gasteiger partial charge in [0.25, 0.3) is 11.5 Å². The Bertz CT molecular complexity index is 1130. The molecule has 1 atom stereocenters. The SMILES string of the molecule is O=C(N[C@@H](c1ccc(CF)cc1)c1ncccc1F)c1ccc(=O)n(CC(F)(F)F)c1. The lowest BCUT2D eigenvalue weighted by Gasteiger charge is -2.20. The van der Waals surface area contributed by atoms with E-state index in [2.05, 4.69) is 10.3 Å². The molecule has 5 nitrogen and oxygen atoms in total. The predicted molar refractivity (Wildman–Crippen MR) is 102 cm³/mol. The Morgan fingerprint density at radius 1 is 1.10 bits per heavy atom. The highest BCUT2D eigenvalue weighted by atomic mass is 19.4. The van der Waals surface area contributed by atoms with Gasteiger partial charge in [-0.1, -0.05) is 24.3 Å². The Labute approximate surface area is 173 Å². The Kier molecular flexibility index (Phi) is 6.47. The van der Waals surface area contributed by atoms with E-state index in [0.29, 0.717) is 15.7 Å². The molecule has 0 radical (unpaired) electrons. The first-order valence-corrected chi connectivity index (χ1v) is 9.01. The summed E-state index contributed by atoms with van der Waals surface area (Å²) in [6, 6.07) is 9.19. The van der Waals surface area contributed by atoms with Crippen LogP contribution in [0.2, 0.25) is 0 Å². The maximum Gasteiger partial charge on any atom is 0.406 e. The van der Waals surface area contributed by atoms with Crippen molar-refractivity contribution in [3.05, 3.63) is 99.5 Å². The summed E-state index contributed by atoms with van der Waals surface area (Å²) in [5, 5.41) is 2.52. The summed E-state index contributed by atoms with van der Waals surface area (Å²) in [5.41, 5.74) is -0.539. The quantitative estimate of drug-likeness (QED) is 0.595. The second kappa shape index (κ2) is 9.07. The maximum absolute atomic E-state index is 14.4. The van der Waals surface area contributed by atoms with Crippen molar-refractivity contribution >= 4 is 5.91 Å². The van der Waals surface area contributed by atoms with Gasteiger partial charge in [0.1, 0.15) is 24.7 Å². The number of alkyl halides is 4. The highest BCUT2D eigenvalue weighted by Gasteiger charge is 2.29. The van der Waals surface area contributed by atoms with Gasteiger partial charge in [-0.25, -0.2) is 8.78 Å². The number of hydrogen-bond acceptors (Lipinski definition) is 3. The molecular formula is C21H16F5N3O2. The number of amides is 1. The second-order valence-corrected chi connectivity index (χ2v) is 6.65. The first kappa shape index (κ1) is 22.1. The van der Waals surface area contributed by atoms with Crippen molar-refractivity contribution in [1.29, 1.82) is 0 Å². The van der Waals surface area contributed by atoms with E-state index in [1.165, 1.54) is 36.5 Å². The van der Waals surface area contributed by atoms with Gasteiger partial charge in [-0.15, -0.1) is 0 Å².